The summed E-state index contributed by atoms with van der Waals surface area (Å²) in [6, 6.07) is 7.07. The molecule has 3 heterocycles. The largest absolute Gasteiger partial charge is 0.478 e. The number of hydrogen-bond acceptors (Lipinski definition) is 7. The highest BCUT2D eigenvalue weighted by Crippen LogP contribution is 2.44. The predicted octanol–water partition coefficient (Wildman–Crippen LogP) is 5.99. The molecule has 1 aromatic carbocycles. The van der Waals surface area contributed by atoms with E-state index in [0.717, 1.165) is 10.5 Å². The average molecular weight is 455 g/mol. The molecule has 0 aliphatic carbocycles. The van der Waals surface area contributed by atoms with Gasteiger partial charge in [-0.3, -0.25) is 0 Å². The van der Waals surface area contributed by atoms with Gasteiger partial charge in [0, 0.05) is 28.6 Å². The predicted molar refractivity (Wildman–Crippen MR) is 118 cm³/mol. The third-order valence-corrected chi connectivity index (χ3v) is 6.25. The Hall–Kier alpha value is -2.20. The quantitative estimate of drug-likeness (QED) is 0.428. The van der Waals surface area contributed by atoms with Crippen molar-refractivity contribution in [2.75, 3.05) is 17.2 Å². The fraction of sp³-hybridized carbons (Fsp3) is 0.400. The lowest BCUT2D eigenvalue weighted by atomic mass is 10.1. The molecule has 2 atom stereocenters. The summed E-state index contributed by atoms with van der Waals surface area (Å²) in [4.78, 5) is 9.25. The number of benzene rings is 1. The second-order valence-electron chi connectivity index (χ2n) is 7.37. The number of thiazole rings is 1. The van der Waals surface area contributed by atoms with Gasteiger partial charge in [0.2, 0.25) is 0 Å². The molecular formula is C20H21F3N4OS2. The van der Waals surface area contributed by atoms with Crippen molar-refractivity contribution in [1.82, 2.24) is 9.97 Å². The lowest BCUT2D eigenvalue weighted by Gasteiger charge is -2.13. The third kappa shape index (κ3) is 5.10. The van der Waals surface area contributed by atoms with E-state index in [1.165, 1.54) is 11.3 Å². The first-order chi connectivity index (χ1) is 14.2. The van der Waals surface area contributed by atoms with E-state index in [4.69, 9.17) is 4.74 Å². The molecule has 0 amide bonds. The normalized spacial score (nSPS) is 18.6. The molecule has 2 aromatic heterocycles. The standard InChI is InChI=1S/C20H21F3N4OS2/c1-10(2)25-19-27-16(8-29-19)15-7-17(28-18-11(3)30-18)13-5-4-12(6-14(13)26-15)24-9-20(21,22)23/h4-8,10-11,18,24H,9H2,1-3H3,(H,25,27). The summed E-state index contributed by atoms with van der Waals surface area (Å²) in [6.07, 6.45) is -4.29. The van der Waals surface area contributed by atoms with Crippen molar-refractivity contribution in [3.63, 3.8) is 0 Å². The van der Waals surface area contributed by atoms with E-state index in [9.17, 15) is 13.2 Å². The van der Waals surface area contributed by atoms with Gasteiger partial charge in [0.05, 0.1) is 16.5 Å². The summed E-state index contributed by atoms with van der Waals surface area (Å²) in [7, 11) is 0. The van der Waals surface area contributed by atoms with E-state index >= 15 is 0 Å². The number of nitrogens with zero attached hydrogens (tertiary/aromatic N) is 2. The van der Waals surface area contributed by atoms with Gasteiger partial charge in [-0.15, -0.1) is 23.1 Å². The molecule has 30 heavy (non-hydrogen) atoms. The number of nitrogens with one attached hydrogen (secondary N) is 2. The topological polar surface area (TPSA) is 59.1 Å². The highest BCUT2D eigenvalue weighted by atomic mass is 32.2. The summed E-state index contributed by atoms with van der Waals surface area (Å²) in [5.74, 6) is 0.658. The molecule has 160 valence electrons. The third-order valence-electron chi connectivity index (χ3n) is 4.34. The van der Waals surface area contributed by atoms with Crippen molar-refractivity contribution in [3.8, 4) is 17.1 Å². The molecule has 1 saturated heterocycles. The number of rotatable bonds is 7. The van der Waals surface area contributed by atoms with E-state index in [0.29, 0.717) is 33.6 Å². The molecule has 1 fully saturated rings. The first kappa shape index (κ1) is 21.0. The van der Waals surface area contributed by atoms with E-state index < -0.39 is 12.7 Å². The zero-order valence-electron chi connectivity index (χ0n) is 16.6. The minimum absolute atomic E-state index is 0.0695. The van der Waals surface area contributed by atoms with Crippen molar-refractivity contribution in [3.05, 3.63) is 29.6 Å². The Labute approximate surface area is 180 Å². The van der Waals surface area contributed by atoms with E-state index in [1.54, 1.807) is 30.0 Å². The number of pyridine rings is 1. The zero-order valence-corrected chi connectivity index (χ0v) is 18.2. The number of anilines is 2. The monoisotopic (exact) mass is 454 g/mol. The fourth-order valence-corrected chi connectivity index (χ4v) is 4.26. The Kier molecular flexibility index (Phi) is 5.71. The molecule has 4 rings (SSSR count). The van der Waals surface area contributed by atoms with Crippen molar-refractivity contribution >= 4 is 44.8 Å². The van der Waals surface area contributed by atoms with Crippen LogP contribution < -0.4 is 15.4 Å². The number of ether oxygens (including phenoxy) is 1. The van der Waals surface area contributed by atoms with Crippen LogP contribution in [0.4, 0.5) is 24.0 Å². The average Bonchev–Trinajstić information content (AvgIpc) is 3.15. The van der Waals surface area contributed by atoms with Gasteiger partial charge in [-0.05, 0) is 39.0 Å². The van der Waals surface area contributed by atoms with Crippen LogP contribution in [0.5, 0.6) is 5.75 Å². The molecule has 0 spiro atoms. The van der Waals surface area contributed by atoms with Crippen LogP contribution in [-0.4, -0.2) is 39.4 Å². The van der Waals surface area contributed by atoms with Crippen molar-refractivity contribution in [2.24, 2.45) is 0 Å². The Morgan fingerprint density at radius 3 is 2.60 bits per heavy atom. The van der Waals surface area contributed by atoms with Gasteiger partial charge in [-0.2, -0.15) is 13.2 Å². The molecular weight excluding hydrogens is 433 g/mol. The van der Waals surface area contributed by atoms with Crippen LogP contribution in [0.15, 0.2) is 29.6 Å². The molecule has 3 aromatic rings. The first-order valence-corrected chi connectivity index (χ1v) is 11.3. The van der Waals surface area contributed by atoms with Crippen LogP contribution in [0.2, 0.25) is 0 Å². The maximum absolute atomic E-state index is 12.6. The molecule has 0 bridgehead atoms. The lowest BCUT2D eigenvalue weighted by Crippen LogP contribution is -2.21. The van der Waals surface area contributed by atoms with Crippen LogP contribution in [0, 0.1) is 0 Å². The van der Waals surface area contributed by atoms with Gasteiger partial charge in [-0.1, -0.05) is 0 Å². The summed E-state index contributed by atoms with van der Waals surface area (Å²) in [6.45, 7) is 5.05. The molecule has 2 N–H and O–H groups in total. The molecule has 5 nitrogen and oxygen atoms in total. The molecule has 10 heteroatoms. The smallest absolute Gasteiger partial charge is 0.405 e. The summed E-state index contributed by atoms with van der Waals surface area (Å²) >= 11 is 3.20. The molecule has 0 saturated carbocycles. The van der Waals surface area contributed by atoms with Crippen LogP contribution in [-0.2, 0) is 0 Å². The maximum atomic E-state index is 12.6. The van der Waals surface area contributed by atoms with E-state index in [-0.39, 0.29) is 11.5 Å². The SMILES string of the molecule is CC(C)Nc1nc(-c2cc(OC3SC3C)c3ccc(NCC(F)(F)F)cc3n2)cs1. The summed E-state index contributed by atoms with van der Waals surface area (Å²) in [5.41, 5.74) is 2.29. The number of alkyl halides is 3. The molecule has 1 aliphatic heterocycles. The van der Waals surface area contributed by atoms with Crippen LogP contribution in [0.1, 0.15) is 20.8 Å². The fourth-order valence-electron chi connectivity index (χ4n) is 2.86. The van der Waals surface area contributed by atoms with E-state index in [2.05, 4.69) is 27.5 Å². The summed E-state index contributed by atoms with van der Waals surface area (Å²) in [5, 5.41) is 9.53. The van der Waals surface area contributed by atoms with Crippen LogP contribution in [0.25, 0.3) is 22.3 Å². The molecule has 2 unspecified atom stereocenters. The van der Waals surface area contributed by atoms with E-state index in [1.807, 2.05) is 25.3 Å². The van der Waals surface area contributed by atoms with Crippen molar-refractivity contribution in [1.29, 1.82) is 0 Å². The van der Waals surface area contributed by atoms with Crippen LogP contribution in [0.3, 0.4) is 0 Å². The number of aromatic nitrogens is 2. The maximum Gasteiger partial charge on any atom is 0.405 e. The van der Waals surface area contributed by atoms with Gasteiger partial charge in [-0.25, -0.2) is 9.97 Å². The molecule has 1 aliphatic rings. The number of hydrogen-bond donors (Lipinski definition) is 2. The number of fused-ring (bicyclic) bond motifs is 1. The van der Waals surface area contributed by atoms with Gasteiger partial charge in [0.1, 0.15) is 18.0 Å². The highest BCUT2D eigenvalue weighted by molar-refractivity contribution is 8.07. The van der Waals surface area contributed by atoms with Crippen LogP contribution >= 0.6 is 23.1 Å². The number of thioether (sulfide) groups is 1. The zero-order chi connectivity index (χ0) is 21.5. The Bertz CT molecular complexity index is 1050. The Morgan fingerprint density at radius 1 is 1.17 bits per heavy atom. The van der Waals surface area contributed by atoms with Crippen molar-refractivity contribution < 1.29 is 17.9 Å². The van der Waals surface area contributed by atoms with Gasteiger partial charge in [0.15, 0.2) is 10.6 Å². The van der Waals surface area contributed by atoms with Crippen molar-refractivity contribution in [2.45, 2.75) is 43.7 Å². The Balaban J connectivity index is 1.70. The first-order valence-electron chi connectivity index (χ1n) is 9.48. The minimum Gasteiger partial charge on any atom is -0.478 e. The second kappa shape index (κ2) is 8.14. The van der Waals surface area contributed by atoms with Gasteiger partial charge in [0.25, 0.3) is 0 Å². The second-order valence-corrected chi connectivity index (χ2v) is 9.71. The highest BCUT2D eigenvalue weighted by Gasteiger charge is 2.37. The lowest BCUT2D eigenvalue weighted by molar-refractivity contribution is -0.115. The minimum atomic E-state index is -4.29. The van der Waals surface area contributed by atoms with Gasteiger partial charge < -0.3 is 15.4 Å². The number of halogens is 3. The Morgan fingerprint density at radius 2 is 1.93 bits per heavy atom. The van der Waals surface area contributed by atoms with Gasteiger partial charge >= 0.3 is 6.18 Å². The summed E-state index contributed by atoms with van der Waals surface area (Å²) < 4.78 is 43.8. The molecule has 0 radical (unpaired) electrons.